The third-order valence-corrected chi connectivity index (χ3v) is 1.12. The second kappa shape index (κ2) is 4.74. The Morgan fingerprint density at radius 2 is 2.00 bits per heavy atom. The topological polar surface area (TPSA) is 17.1 Å². The minimum Gasteiger partial charge on any atom is -0.298 e. The maximum Gasteiger partial charge on any atom is 0.149 e. The molecule has 0 unspecified atom stereocenters. The van der Waals surface area contributed by atoms with E-state index < -0.39 is 0 Å². The van der Waals surface area contributed by atoms with Crippen LogP contribution in [0.1, 0.15) is 13.8 Å². The molecule has 1 heteroatoms. The number of allylic oxidation sites excluding steroid dienone is 5. The molecule has 0 aliphatic heterocycles. The molecule has 0 aromatic heterocycles. The predicted molar refractivity (Wildman–Crippen MR) is 43.8 cm³/mol. The van der Waals surface area contributed by atoms with E-state index in [9.17, 15) is 4.79 Å². The third-order valence-electron chi connectivity index (χ3n) is 1.12. The summed E-state index contributed by atoms with van der Waals surface area (Å²) in [5, 5.41) is 0. The molecule has 0 N–H and O–H groups in total. The third kappa shape index (κ3) is 3.02. The first-order valence-corrected chi connectivity index (χ1v) is 3.14. The van der Waals surface area contributed by atoms with Crippen molar-refractivity contribution in [1.29, 1.82) is 0 Å². The van der Waals surface area contributed by atoms with Gasteiger partial charge >= 0.3 is 0 Å². The van der Waals surface area contributed by atoms with Crippen molar-refractivity contribution in [1.82, 2.24) is 0 Å². The molecule has 0 fully saturated rings. The number of hydrogen-bond acceptors (Lipinski definition) is 1. The molecule has 10 heavy (non-hydrogen) atoms. The second-order valence-corrected chi connectivity index (χ2v) is 2.17. The van der Waals surface area contributed by atoms with Gasteiger partial charge in [0.15, 0.2) is 0 Å². The van der Waals surface area contributed by atoms with Gasteiger partial charge in [0.1, 0.15) is 6.29 Å². The van der Waals surface area contributed by atoms with Gasteiger partial charge in [0.2, 0.25) is 0 Å². The smallest absolute Gasteiger partial charge is 0.149 e. The van der Waals surface area contributed by atoms with Crippen molar-refractivity contribution < 1.29 is 4.79 Å². The monoisotopic (exact) mass is 136 g/mol. The van der Waals surface area contributed by atoms with Crippen LogP contribution in [0.2, 0.25) is 0 Å². The summed E-state index contributed by atoms with van der Waals surface area (Å²) >= 11 is 0. The van der Waals surface area contributed by atoms with Gasteiger partial charge in [0, 0.05) is 5.57 Å². The molecular weight excluding hydrogens is 124 g/mol. The molecule has 0 spiro atoms. The van der Waals surface area contributed by atoms with E-state index in [1.54, 1.807) is 18.2 Å². The molecule has 0 saturated carbocycles. The van der Waals surface area contributed by atoms with Crippen molar-refractivity contribution in [3.8, 4) is 0 Å². The lowest BCUT2D eigenvalue weighted by Crippen LogP contribution is -1.81. The second-order valence-electron chi connectivity index (χ2n) is 2.17. The van der Waals surface area contributed by atoms with Gasteiger partial charge in [-0.1, -0.05) is 30.4 Å². The molecule has 0 radical (unpaired) electrons. The maximum absolute atomic E-state index is 10.3. The van der Waals surface area contributed by atoms with E-state index in [2.05, 4.69) is 6.58 Å². The summed E-state index contributed by atoms with van der Waals surface area (Å²) in [6, 6.07) is 0. The quantitative estimate of drug-likeness (QED) is 0.330. The highest BCUT2D eigenvalue weighted by Crippen LogP contribution is 2.00. The van der Waals surface area contributed by atoms with Crippen molar-refractivity contribution in [2.45, 2.75) is 13.8 Å². The zero-order valence-corrected chi connectivity index (χ0v) is 6.42. The number of carbonyl (C=O) groups is 1. The zero-order valence-electron chi connectivity index (χ0n) is 6.42. The van der Waals surface area contributed by atoms with Crippen molar-refractivity contribution in [2.75, 3.05) is 0 Å². The lowest BCUT2D eigenvalue weighted by molar-refractivity contribution is -0.104. The highest BCUT2D eigenvalue weighted by molar-refractivity contribution is 5.78. The first-order chi connectivity index (χ1) is 4.72. The Bertz CT molecular complexity index is 181. The van der Waals surface area contributed by atoms with Gasteiger partial charge in [-0.3, -0.25) is 4.79 Å². The molecule has 0 heterocycles. The van der Waals surface area contributed by atoms with Crippen LogP contribution in [0.15, 0.2) is 36.0 Å². The predicted octanol–water partition coefficient (Wildman–Crippen LogP) is 2.26. The van der Waals surface area contributed by atoms with E-state index in [1.165, 1.54) is 0 Å². The number of rotatable bonds is 3. The van der Waals surface area contributed by atoms with Crippen molar-refractivity contribution >= 4 is 6.29 Å². The molecule has 0 aliphatic rings. The largest absolute Gasteiger partial charge is 0.298 e. The maximum atomic E-state index is 10.3. The number of hydrogen-bond donors (Lipinski definition) is 0. The molecule has 0 bridgehead atoms. The summed E-state index contributed by atoms with van der Waals surface area (Å²) in [6.45, 7) is 7.30. The standard InChI is InChI=1S/C9H12O/c1-4-5-6-9(7-10)8(2)3/h4-7H,1H2,2-3H3/b6-5-. The van der Waals surface area contributed by atoms with Gasteiger partial charge in [-0.05, 0) is 13.8 Å². The van der Waals surface area contributed by atoms with Gasteiger partial charge in [-0.15, -0.1) is 0 Å². The Balaban J connectivity index is 4.38. The minimum atomic E-state index is 0.722. The van der Waals surface area contributed by atoms with Crippen molar-refractivity contribution in [3.63, 3.8) is 0 Å². The van der Waals surface area contributed by atoms with Crippen LogP contribution in [0.4, 0.5) is 0 Å². The minimum absolute atomic E-state index is 0.722. The SMILES string of the molecule is C=C/C=C\C(C=O)=C(C)C. The van der Waals surface area contributed by atoms with Gasteiger partial charge in [-0.25, -0.2) is 0 Å². The van der Waals surface area contributed by atoms with Gasteiger partial charge in [-0.2, -0.15) is 0 Å². The highest BCUT2D eigenvalue weighted by atomic mass is 16.1. The summed E-state index contributed by atoms with van der Waals surface area (Å²) in [5.74, 6) is 0. The molecule has 0 saturated heterocycles. The van der Waals surface area contributed by atoms with Crippen LogP contribution in [0.25, 0.3) is 0 Å². The average molecular weight is 136 g/mol. The van der Waals surface area contributed by atoms with E-state index in [-0.39, 0.29) is 0 Å². The molecule has 0 amide bonds. The lowest BCUT2D eigenvalue weighted by atomic mass is 10.1. The van der Waals surface area contributed by atoms with E-state index in [0.29, 0.717) is 0 Å². The molecule has 0 aliphatic carbocycles. The molecule has 0 atom stereocenters. The van der Waals surface area contributed by atoms with Gasteiger partial charge < -0.3 is 0 Å². The Labute approximate surface area is 61.8 Å². The zero-order chi connectivity index (χ0) is 7.98. The summed E-state index contributed by atoms with van der Waals surface area (Å²) in [6.07, 6.45) is 5.98. The van der Waals surface area contributed by atoms with Crippen LogP contribution in [-0.4, -0.2) is 6.29 Å². The van der Waals surface area contributed by atoms with E-state index >= 15 is 0 Å². The van der Waals surface area contributed by atoms with Crippen LogP contribution in [0, 0.1) is 0 Å². The lowest BCUT2D eigenvalue weighted by Gasteiger charge is -1.91. The number of aldehydes is 1. The molecular formula is C9H12O. The summed E-state index contributed by atoms with van der Waals surface area (Å²) < 4.78 is 0. The van der Waals surface area contributed by atoms with E-state index in [4.69, 9.17) is 0 Å². The normalized spacial score (nSPS) is 9.40. The Morgan fingerprint density at radius 1 is 1.40 bits per heavy atom. The molecule has 0 rings (SSSR count). The average Bonchev–Trinajstić information content (AvgIpc) is 1.89. The molecule has 1 nitrogen and oxygen atoms in total. The highest BCUT2D eigenvalue weighted by Gasteiger charge is 1.88. The number of carbonyl (C=O) groups excluding carboxylic acids is 1. The van der Waals surface area contributed by atoms with Crippen molar-refractivity contribution in [2.24, 2.45) is 0 Å². The molecule has 0 aromatic carbocycles. The van der Waals surface area contributed by atoms with Crippen LogP contribution in [-0.2, 0) is 4.79 Å². The Morgan fingerprint density at radius 3 is 2.30 bits per heavy atom. The van der Waals surface area contributed by atoms with Gasteiger partial charge in [0.25, 0.3) is 0 Å². The van der Waals surface area contributed by atoms with Crippen LogP contribution < -0.4 is 0 Å². The molecule has 0 aromatic rings. The van der Waals surface area contributed by atoms with Crippen LogP contribution in [0.3, 0.4) is 0 Å². The fourth-order valence-corrected chi connectivity index (χ4v) is 0.496. The van der Waals surface area contributed by atoms with Gasteiger partial charge in [0.05, 0.1) is 0 Å². The molecule has 54 valence electrons. The Kier molecular flexibility index (Phi) is 4.21. The van der Waals surface area contributed by atoms with Crippen LogP contribution >= 0.6 is 0 Å². The summed E-state index contributed by atoms with van der Waals surface area (Å²) in [7, 11) is 0. The van der Waals surface area contributed by atoms with Crippen LogP contribution in [0.5, 0.6) is 0 Å². The van der Waals surface area contributed by atoms with E-state index in [1.807, 2.05) is 13.8 Å². The fourth-order valence-electron chi connectivity index (χ4n) is 0.496. The summed E-state index contributed by atoms with van der Waals surface area (Å²) in [5.41, 5.74) is 1.74. The first kappa shape index (κ1) is 8.89. The Hall–Kier alpha value is -1.11. The van der Waals surface area contributed by atoms with E-state index in [0.717, 1.165) is 17.4 Å². The first-order valence-electron chi connectivity index (χ1n) is 3.14. The fraction of sp³-hybridized carbons (Fsp3) is 0.222. The van der Waals surface area contributed by atoms with Crippen molar-refractivity contribution in [3.05, 3.63) is 36.0 Å². The summed E-state index contributed by atoms with van der Waals surface area (Å²) in [4.78, 5) is 10.3.